The number of hydrogen-bond acceptors (Lipinski definition) is 3. The van der Waals surface area contributed by atoms with E-state index in [1.165, 1.54) is 25.7 Å². The van der Waals surface area contributed by atoms with Crippen molar-refractivity contribution in [1.29, 1.82) is 0 Å². The molecule has 0 aromatic rings. The Hall–Kier alpha value is -1.26. The van der Waals surface area contributed by atoms with Gasteiger partial charge in [0.15, 0.2) is 0 Å². The first kappa shape index (κ1) is 16.7. The summed E-state index contributed by atoms with van der Waals surface area (Å²) in [5.74, 6) is -0.410. The van der Waals surface area contributed by atoms with E-state index in [9.17, 15) is 9.59 Å². The van der Waals surface area contributed by atoms with Gasteiger partial charge in [0, 0.05) is 6.54 Å². The van der Waals surface area contributed by atoms with E-state index >= 15 is 0 Å². The minimum absolute atomic E-state index is 0.0732. The molecule has 0 saturated heterocycles. The molecule has 5 heteroatoms. The number of amides is 2. The highest BCUT2D eigenvalue weighted by molar-refractivity contribution is 5.80. The minimum atomic E-state index is -0.410. The molecule has 0 bridgehead atoms. The minimum Gasteiger partial charge on any atom is -0.465 e. The predicted octanol–water partition coefficient (Wildman–Crippen LogP) is 2.21. The van der Waals surface area contributed by atoms with Gasteiger partial charge in [-0.3, -0.25) is 4.79 Å². The van der Waals surface area contributed by atoms with E-state index in [1.807, 2.05) is 0 Å². The van der Waals surface area contributed by atoms with Gasteiger partial charge >= 0.3 is 12.0 Å². The van der Waals surface area contributed by atoms with Crippen molar-refractivity contribution in [3.05, 3.63) is 0 Å². The highest BCUT2D eigenvalue weighted by Gasteiger charge is 2.04. The number of urea groups is 1. The van der Waals surface area contributed by atoms with Crippen LogP contribution in [0.4, 0.5) is 4.79 Å². The third-order valence-electron chi connectivity index (χ3n) is 2.51. The van der Waals surface area contributed by atoms with E-state index < -0.39 is 5.97 Å². The molecule has 0 aliphatic rings. The molecule has 0 radical (unpaired) electrons. The monoisotopic (exact) mass is 258 g/mol. The zero-order valence-electron chi connectivity index (χ0n) is 11.6. The van der Waals surface area contributed by atoms with Crippen LogP contribution in [0.5, 0.6) is 0 Å². The van der Waals surface area contributed by atoms with Crippen molar-refractivity contribution in [3.8, 4) is 0 Å². The highest BCUT2D eigenvalue weighted by atomic mass is 16.5. The molecule has 5 nitrogen and oxygen atoms in total. The van der Waals surface area contributed by atoms with Crippen molar-refractivity contribution in [2.75, 3.05) is 19.7 Å². The molecule has 0 heterocycles. The Morgan fingerprint density at radius 2 is 1.61 bits per heavy atom. The second kappa shape index (κ2) is 12.2. The van der Waals surface area contributed by atoms with Crippen molar-refractivity contribution in [1.82, 2.24) is 10.6 Å². The highest BCUT2D eigenvalue weighted by Crippen LogP contribution is 2.03. The fraction of sp³-hybridized carbons (Fsp3) is 0.846. The lowest BCUT2D eigenvalue weighted by molar-refractivity contribution is -0.141. The summed E-state index contributed by atoms with van der Waals surface area (Å²) in [7, 11) is 0. The molecule has 0 unspecified atom stereocenters. The van der Waals surface area contributed by atoms with Gasteiger partial charge in [-0.25, -0.2) is 4.79 Å². The Balaban J connectivity index is 3.29. The van der Waals surface area contributed by atoms with Crippen LogP contribution in [0, 0.1) is 0 Å². The van der Waals surface area contributed by atoms with Crippen molar-refractivity contribution < 1.29 is 14.3 Å². The number of carbonyl (C=O) groups is 2. The summed E-state index contributed by atoms with van der Waals surface area (Å²) in [5.41, 5.74) is 0. The molecule has 106 valence electrons. The number of hydrogen-bond donors (Lipinski definition) is 2. The van der Waals surface area contributed by atoms with Crippen LogP contribution in [0.3, 0.4) is 0 Å². The third kappa shape index (κ3) is 11.2. The van der Waals surface area contributed by atoms with Crippen LogP contribution in [0.2, 0.25) is 0 Å². The van der Waals surface area contributed by atoms with E-state index in [-0.39, 0.29) is 12.6 Å². The van der Waals surface area contributed by atoms with E-state index in [0.29, 0.717) is 13.2 Å². The maximum atomic E-state index is 11.3. The summed E-state index contributed by atoms with van der Waals surface area (Å²) in [4.78, 5) is 22.2. The molecular formula is C13H26N2O3. The molecule has 0 aliphatic heterocycles. The van der Waals surface area contributed by atoms with Gasteiger partial charge in [0.25, 0.3) is 0 Å². The smallest absolute Gasteiger partial charge is 0.325 e. The van der Waals surface area contributed by atoms with Crippen molar-refractivity contribution >= 4 is 12.0 Å². The van der Waals surface area contributed by atoms with Crippen LogP contribution < -0.4 is 10.6 Å². The molecule has 0 aliphatic carbocycles. The van der Waals surface area contributed by atoms with Crippen LogP contribution in [-0.4, -0.2) is 31.7 Å². The van der Waals surface area contributed by atoms with Crippen LogP contribution in [-0.2, 0) is 9.53 Å². The molecule has 0 saturated carbocycles. The van der Waals surface area contributed by atoms with Gasteiger partial charge in [0.2, 0.25) is 0 Å². The Morgan fingerprint density at radius 3 is 2.28 bits per heavy atom. The largest absolute Gasteiger partial charge is 0.465 e. The molecule has 0 aromatic heterocycles. The average molecular weight is 258 g/mol. The van der Waals surface area contributed by atoms with Gasteiger partial charge in [-0.15, -0.1) is 0 Å². The first-order valence-corrected chi connectivity index (χ1v) is 6.88. The summed E-state index contributed by atoms with van der Waals surface area (Å²) < 4.78 is 4.69. The maximum absolute atomic E-state index is 11.3. The van der Waals surface area contributed by atoms with Crippen molar-refractivity contribution in [3.63, 3.8) is 0 Å². The van der Waals surface area contributed by atoms with Crippen molar-refractivity contribution in [2.45, 2.75) is 52.4 Å². The normalized spacial score (nSPS) is 9.89. The summed E-state index contributed by atoms with van der Waals surface area (Å²) in [6, 6.07) is -0.309. The standard InChI is InChI=1S/C13H26N2O3/c1-3-5-6-7-8-9-10-14-13(17)15-11-12(16)18-4-2/h3-11H2,1-2H3,(H2,14,15,17). The van der Waals surface area contributed by atoms with Crippen LogP contribution in [0.15, 0.2) is 0 Å². The number of carbonyl (C=O) groups excluding carboxylic acids is 2. The summed E-state index contributed by atoms with van der Waals surface area (Å²) in [5, 5.41) is 5.17. The molecule has 0 rings (SSSR count). The number of esters is 1. The lowest BCUT2D eigenvalue weighted by Gasteiger charge is -2.07. The average Bonchev–Trinajstić information content (AvgIpc) is 2.35. The Kier molecular flexibility index (Phi) is 11.3. The van der Waals surface area contributed by atoms with Gasteiger partial charge in [0.1, 0.15) is 6.54 Å². The second-order valence-electron chi connectivity index (χ2n) is 4.18. The van der Waals surface area contributed by atoms with Crippen LogP contribution in [0.1, 0.15) is 52.4 Å². The van der Waals surface area contributed by atoms with Gasteiger partial charge in [-0.05, 0) is 13.3 Å². The predicted molar refractivity (Wildman–Crippen MR) is 71.4 cm³/mol. The Bertz CT molecular complexity index is 232. The van der Waals surface area contributed by atoms with Crippen LogP contribution >= 0.6 is 0 Å². The number of ether oxygens (including phenoxy) is 1. The molecule has 0 spiro atoms. The summed E-state index contributed by atoms with van der Waals surface area (Å²) >= 11 is 0. The summed E-state index contributed by atoms with van der Waals surface area (Å²) in [6.45, 7) is 4.84. The van der Waals surface area contributed by atoms with E-state index in [0.717, 1.165) is 12.8 Å². The van der Waals surface area contributed by atoms with Gasteiger partial charge < -0.3 is 15.4 Å². The van der Waals surface area contributed by atoms with Gasteiger partial charge in [-0.1, -0.05) is 39.0 Å². The van der Waals surface area contributed by atoms with E-state index in [4.69, 9.17) is 4.74 Å². The molecule has 0 atom stereocenters. The Morgan fingerprint density at radius 1 is 0.944 bits per heavy atom. The lowest BCUT2D eigenvalue weighted by atomic mass is 10.1. The molecule has 0 fully saturated rings. The molecule has 2 amide bonds. The maximum Gasteiger partial charge on any atom is 0.325 e. The quantitative estimate of drug-likeness (QED) is 0.466. The molecule has 2 N–H and O–H groups in total. The first-order chi connectivity index (χ1) is 8.70. The van der Waals surface area contributed by atoms with E-state index in [2.05, 4.69) is 17.6 Å². The summed E-state index contributed by atoms with van der Waals surface area (Å²) in [6.07, 6.45) is 7.14. The first-order valence-electron chi connectivity index (χ1n) is 6.88. The van der Waals surface area contributed by atoms with Crippen LogP contribution in [0.25, 0.3) is 0 Å². The lowest BCUT2D eigenvalue weighted by Crippen LogP contribution is -2.39. The number of rotatable bonds is 10. The topological polar surface area (TPSA) is 67.4 Å². The molecular weight excluding hydrogens is 232 g/mol. The Labute approximate surface area is 110 Å². The SMILES string of the molecule is CCCCCCCCNC(=O)NCC(=O)OCC. The number of nitrogens with one attached hydrogen (secondary N) is 2. The van der Waals surface area contributed by atoms with Gasteiger partial charge in [0.05, 0.1) is 6.61 Å². The van der Waals surface area contributed by atoms with Crippen molar-refractivity contribution in [2.24, 2.45) is 0 Å². The molecule has 0 aromatic carbocycles. The number of unbranched alkanes of at least 4 members (excludes halogenated alkanes) is 5. The second-order valence-corrected chi connectivity index (χ2v) is 4.18. The molecule has 18 heavy (non-hydrogen) atoms. The van der Waals surface area contributed by atoms with Gasteiger partial charge in [-0.2, -0.15) is 0 Å². The fourth-order valence-corrected chi connectivity index (χ4v) is 1.53. The fourth-order valence-electron chi connectivity index (χ4n) is 1.53. The zero-order valence-corrected chi connectivity index (χ0v) is 11.6. The third-order valence-corrected chi connectivity index (χ3v) is 2.51. The van der Waals surface area contributed by atoms with E-state index in [1.54, 1.807) is 6.92 Å². The zero-order chi connectivity index (χ0) is 13.6.